The molecule has 0 spiro atoms. The van der Waals surface area contributed by atoms with Gasteiger partial charge >= 0.3 is 29.7 Å². The second kappa shape index (κ2) is 49.0. The fourth-order valence-electron chi connectivity index (χ4n) is 2.65. The zero-order valence-electron chi connectivity index (χ0n) is 22.0. The summed E-state index contributed by atoms with van der Waals surface area (Å²) in [7, 11) is 0. The van der Waals surface area contributed by atoms with Crippen molar-refractivity contribution in [2.24, 2.45) is 0 Å². The monoisotopic (exact) mass is 518 g/mol. The fourth-order valence-corrected chi connectivity index (χ4v) is 2.65. The summed E-state index contributed by atoms with van der Waals surface area (Å²) in [5, 5.41) is 16.6. The van der Waals surface area contributed by atoms with Gasteiger partial charge in [-0.15, -0.1) is 0 Å². The zero-order chi connectivity index (χ0) is 27.3. The van der Waals surface area contributed by atoms with Crippen LogP contribution in [0.1, 0.15) is 124 Å². The Balaban J connectivity index is -0.000000163. The summed E-state index contributed by atoms with van der Waals surface area (Å²) in [6.45, 7) is 11.8. The Kier molecular flexibility index (Phi) is 61.8. The van der Waals surface area contributed by atoms with Gasteiger partial charge in [-0.3, -0.25) is 4.79 Å². The third-order valence-electron chi connectivity index (χ3n) is 4.16. The number of carbonyl (C=O) groups is 1. The molecule has 0 amide bonds. The summed E-state index contributed by atoms with van der Waals surface area (Å²) in [5.41, 5.74) is 0. The predicted molar refractivity (Wildman–Crippen MR) is 137 cm³/mol. The van der Waals surface area contributed by atoms with Gasteiger partial charge in [-0.1, -0.05) is 96.8 Å². The molecule has 0 aliphatic carbocycles. The first-order chi connectivity index (χ1) is 16.3. The van der Waals surface area contributed by atoms with Gasteiger partial charge in [-0.2, -0.15) is 0 Å². The van der Waals surface area contributed by atoms with Crippen molar-refractivity contribution in [1.82, 2.24) is 0 Å². The van der Waals surface area contributed by atoms with Crippen LogP contribution in [0, 0.1) is 0 Å². The normalized spacial score (nSPS) is 8.79. The Morgan fingerprint density at radius 1 is 0.735 bits per heavy atom. The van der Waals surface area contributed by atoms with E-state index in [2.05, 4.69) is 20.1 Å². The van der Waals surface area contributed by atoms with E-state index in [1.54, 1.807) is 13.8 Å². The van der Waals surface area contributed by atoms with Crippen LogP contribution in [0.15, 0.2) is 25.3 Å². The van der Waals surface area contributed by atoms with Gasteiger partial charge in [0.05, 0.1) is 0 Å². The molecule has 0 unspecified atom stereocenters. The summed E-state index contributed by atoms with van der Waals surface area (Å²) < 4.78 is 8.25. The van der Waals surface area contributed by atoms with Crippen LogP contribution in [0.25, 0.3) is 0 Å². The first-order valence-electron chi connectivity index (χ1n) is 12.4. The van der Waals surface area contributed by atoms with E-state index in [0.717, 1.165) is 45.4 Å². The van der Waals surface area contributed by atoms with Crippen molar-refractivity contribution < 1.29 is 48.3 Å². The van der Waals surface area contributed by atoms with Crippen LogP contribution in [0.5, 0.6) is 0 Å². The maximum atomic E-state index is 10.3. The minimum absolute atomic E-state index is 0.167. The fraction of sp³-hybridized carbons (Fsp3) is 0.741. The Morgan fingerprint density at radius 2 is 0.941 bits per heavy atom. The van der Waals surface area contributed by atoms with E-state index < -0.39 is 5.97 Å². The van der Waals surface area contributed by atoms with Gasteiger partial charge in [-0.25, -0.2) is 25.3 Å². The van der Waals surface area contributed by atoms with Gasteiger partial charge in [0.25, 0.3) is 0 Å². The first-order valence-corrected chi connectivity index (χ1v) is 13.0. The molecule has 0 bridgehead atoms. The number of hydrogen-bond donors (Lipinski definition) is 2. The van der Waals surface area contributed by atoms with E-state index in [1.165, 1.54) is 96.0 Å². The van der Waals surface area contributed by atoms with Crippen molar-refractivity contribution in [3.05, 3.63) is 25.3 Å². The molecule has 0 aromatic heterocycles. The van der Waals surface area contributed by atoms with Crippen LogP contribution >= 0.6 is 0 Å². The molecule has 0 saturated carbocycles. The molecule has 0 atom stereocenters. The van der Waals surface area contributed by atoms with Crippen molar-refractivity contribution >= 4 is 18.5 Å². The molecule has 198 valence electrons. The van der Waals surface area contributed by atoms with E-state index >= 15 is 0 Å². The van der Waals surface area contributed by atoms with Crippen molar-refractivity contribution in [3.8, 4) is 0 Å². The molecule has 0 aliphatic heterocycles. The topological polar surface area (TPSA) is 109 Å². The third kappa shape index (κ3) is 86.4. The molecule has 0 saturated heterocycles. The summed E-state index contributed by atoms with van der Waals surface area (Å²) in [5.74, 6) is -0.653. The number of carboxylic acids is 1. The van der Waals surface area contributed by atoms with Crippen molar-refractivity contribution in [2.75, 3.05) is 0 Å². The molecular formula is C27H50O6Ti. The molecule has 0 heterocycles. The molecule has 2 N–H and O–H groups in total. The van der Waals surface area contributed by atoms with E-state index in [1.807, 2.05) is 0 Å². The summed E-state index contributed by atoms with van der Waals surface area (Å²) in [4.78, 5) is 28.2. The number of carbonyl (C=O) groups excluding carboxylic acids is 2. The molecular weight excluding hydrogens is 468 g/mol. The second-order valence-electron chi connectivity index (χ2n) is 7.83. The van der Waals surface area contributed by atoms with Gasteiger partial charge in [-0.05, 0) is 32.8 Å². The van der Waals surface area contributed by atoms with Crippen LogP contribution in [-0.2, 0) is 38.1 Å². The van der Waals surface area contributed by atoms with E-state index in [4.69, 9.17) is 23.1 Å². The average Bonchev–Trinajstić information content (AvgIpc) is 2.82. The third-order valence-corrected chi connectivity index (χ3v) is 4.16. The Morgan fingerprint density at radius 3 is 1.12 bits per heavy atom. The SMILES string of the molecule is C=C[C-]=O.C=C[C-]=O.CC(C)O.CCCCCCCCCCCCCCCCCC(=O)O.[O]=[Ti+2]. The van der Waals surface area contributed by atoms with Crippen molar-refractivity contribution in [2.45, 2.75) is 130 Å². The average molecular weight is 519 g/mol. The molecule has 0 fully saturated rings. The number of allylic oxidation sites excluding steroid dienone is 2. The second-order valence-corrected chi connectivity index (χ2v) is 7.83. The minimum atomic E-state index is -0.653. The van der Waals surface area contributed by atoms with Gasteiger partial charge in [0, 0.05) is 12.5 Å². The summed E-state index contributed by atoms with van der Waals surface area (Å²) in [6.07, 6.45) is 25.1. The van der Waals surface area contributed by atoms with Crippen LogP contribution in [0.3, 0.4) is 0 Å². The quantitative estimate of drug-likeness (QED) is 0.0862. The zero-order valence-corrected chi connectivity index (χ0v) is 23.5. The van der Waals surface area contributed by atoms with Crippen LogP contribution < -0.4 is 0 Å². The number of aliphatic hydroxyl groups is 1. The molecule has 0 aromatic carbocycles. The number of aliphatic carboxylic acids is 1. The summed E-state index contributed by atoms with van der Waals surface area (Å²) in [6, 6.07) is 0. The van der Waals surface area contributed by atoms with Gasteiger partial charge in [0.1, 0.15) is 0 Å². The predicted octanol–water partition coefficient (Wildman–Crippen LogP) is 7.16. The van der Waals surface area contributed by atoms with Crippen molar-refractivity contribution in [3.63, 3.8) is 0 Å². The Hall–Kier alpha value is -1.24. The molecule has 0 aliphatic rings. The van der Waals surface area contributed by atoms with Crippen LogP contribution in [-0.4, -0.2) is 34.9 Å². The number of rotatable bonds is 18. The maximum absolute atomic E-state index is 10.3. The van der Waals surface area contributed by atoms with Gasteiger partial charge < -0.3 is 19.8 Å². The molecule has 0 rings (SSSR count). The number of unbranched alkanes of at least 4 members (excludes halogenated alkanes) is 14. The van der Waals surface area contributed by atoms with Crippen LogP contribution in [0.4, 0.5) is 0 Å². The van der Waals surface area contributed by atoms with E-state index in [9.17, 15) is 4.79 Å². The standard InChI is InChI=1S/C18H36O2.C3H8O.2C3H3O.O.Ti/c1-2-3-4-5-6-7-8-9-10-11-12-13-14-15-16-17-18(19)20;1-3(2)4;2*1-2-3-4;;/h2-17H2,1H3,(H,19,20);3-4H,1-2H3;2*2H,1H2;;/q;;2*-1;;+2. The Bertz CT molecular complexity index is 387. The van der Waals surface area contributed by atoms with E-state index in [-0.39, 0.29) is 6.10 Å². The molecule has 0 radical (unpaired) electrons. The van der Waals surface area contributed by atoms with Crippen LogP contribution in [0.2, 0.25) is 0 Å². The summed E-state index contributed by atoms with van der Waals surface area (Å²) >= 11 is 0.750. The van der Waals surface area contributed by atoms with E-state index in [0.29, 0.717) is 6.42 Å². The first kappa shape index (κ1) is 42.9. The van der Waals surface area contributed by atoms with Gasteiger partial charge in [0.2, 0.25) is 0 Å². The number of aliphatic hydroxyl groups excluding tert-OH is 1. The number of carboxylic acid groups (broad SMARTS) is 1. The molecule has 0 aromatic rings. The molecule has 34 heavy (non-hydrogen) atoms. The number of hydrogen-bond acceptors (Lipinski definition) is 5. The van der Waals surface area contributed by atoms with Crippen molar-refractivity contribution in [1.29, 1.82) is 0 Å². The molecule has 7 heteroatoms. The van der Waals surface area contributed by atoms with Gasteiger partial charge in [0.15, 0.2) is 0 Å². The Labute approximate surface area is 221 Å². The molecule has 6 nitrogen and oxygen atoms in total.